The fourth-order valence-electron chi connectivity index (χ4n) is 6.96. The molecule has 1 unspecified atom stereocenters. The zero-order chi connectivity index (χ0) is 34.2. The second-order valence-electron chi connectivity index (χ2n) is 13.1. The summed E-state index contributed by atoms with van der Waals surface area (Å²) in [6, 6.07) is 19.3. The van der Waals surface area contributed by atoms with Gasteiger partial charge in [-0.15, -0.1) is 0 Å². The van der Waals surface area contributed by atoms with Crippen LogP contribution in [0.25, 0.3) is 10.9 Å². The van der Waals surface area contributed by atoms with Gasteiger partial charge in [-0.1, -0.05) is 43.2 Å². The maximum absolute atomic E-state index is 14.2. The minimum Gasteiger partial charge on any atom is -0.506 e. The Morgan fingerprint density at radius 1 is 0.980 bits per heavy atom. The van der Waals surface area contributed by atoms with Crippen LogP contribution >= 0.6 is 0 Å². The normalized spacial score (nSPS) is 19.8. The number of carbonyl (C=O) groups excluding carboxylic acids is 1. The summed E-state index contributed by atoms with van der Waals surface area (Å²) in [6.45, 7) is 4.49. The molecule has 5 N–H and O–H groups in total. The van der Waals surface area contributed by atoms with Crippen molar-refractivity contribution >= 4 is 17.0 Å². The number of fused-ring (bicyclic) bond motifs is 4. The van der Waals surface area contributed by atoms with Crippen molar-refractivity contribution in [1.82, 2.24) is 20.5 Å². The summed E-state index contributed by atoms with van der Waals surface area (Å²) < 4.78 is 26.2. The van der Waals surface area contributed by atoms with Crippen molar-refractivity contribution in [2.45, 2.75) is 56.8 Å². The predicted octanol–water partition coefficient (Wildman–Crippen LogP) is 5.55. The molecule has 49 heavy (non-hydrogen) atoms. The number of phenolic OH excluding ortho intramolecular Hbond substituents is 1. The molecule has 0 saturated carbocycles. The van der Waals surface area contributed by atoms with Crippen molar-refractivity contribution in [3.63, 3.8) is 0 Å². The molecule has 3 aliphatic rings. The number of piperidine rings is 3. The molecule has 3 saturated heterocycles. The number of alkyl carbamates (subject to hydrolysis) is 1. The van der Waals surface area contributed by atoms with Crippen LogP contribution in [0.15, 0.2) is 77.6 Å². The van der Waals surface area contributed by atoms with Crippen molar-refractivity contribution < 1.29 is 28.9 Å². The summed E-state index contributed by atoms with van der Waals surface area (Å²) in [6.07, 6.45) is 4.41. The molecule has 4 heterocycles. The second kappa shape index (κ2) is 16.3. The van der Waals surface area contributed by atoms with Crippen molar-refractivity contribution in [1.29, 1.82) is 0 Å². The van der Waals surface area contributed by atoms with E-state index in [-0.39, 0.29) is 23.2 Å². The molecule has 2 bridgehead atoms. The minimum atomic E-state index is -0.787. The maximum atomic E-state index is 14.2. The van der Waals surface area contributed by atoms with E-state index in [9.17, 15) is 24.2 Å². The summed E-state index contributed by atoms with van der Waals surface area (Å²) in [5.74, 6) is 0.651. The highest BCUT2D eigenvalue weighted by Crippen LogP contribution is 2.31. The number of aromatic amines is 1. The number of halogens is 1. The Morgan fingerprint density at radius 3 is 2.53 bits per heavy atom. The zero-order valence-corrected chi connectivity index (χ0v) is 27.6. The topological polar surface area (TPSA) is 136 Å². The first-order valence-electron chi connectivity index (χ1n) is 17.3. The summed E-state index contributed by atoms with van der Waals surface area (Å²) in [5.41, 5.74) is 2.04. The number of pyridine rings is 1. The van der Waals surface area contributed by atoms with Gasteiger partial charge in [-0.3, -0.25) is 9.69 Å². The van der Waals surface area contributed by atoms with E-state index in [1.54, 1.807) is 24.3 Å². The average Bonchev–Trinajstić information content (AvgIpc) is 3.11. The lowest BCUT2D eigenvalue weighted by Gasteiger charge is -2.43. The van der Waals surface area contributed by atoms with E-state index in [0.717, 1.165) is 70.3 Å². The number of aliphatic hydroxyl groups is 1. The number of aromatic nitrogens is 1. The lowest BCUT2D eigenvalue weighted by Crippen LogP contribution is -2.52. The number of ether oxygens (including phenoxy) is 2. The van der Waals surface area contributed by atoms with Crippen LogP contribution in [-0.4, -0.2) is 71.6 Å². The van der Waals surface area contributed by atoms with Crippen molar-refractivity contribution in [3.8, 4) is 11.5 Å². The average molecular weight is 673 g/mol. The standard InChI is InChI=1S/C38H45FN4O6/c39-28-9-5-7-26(21-28)36(42-38(47)49-34-24-43-18-15-25(34)16-19-43)27-8-6-10-29(22-27)48-20-4-2-1-3-17-40-23-33(45)30-11-13-32(44)37-31(30)12-14-35(46)41-37/h5-14,21-22,25,33-34,36,40,44-45H,1-4,15-20,23-24H2,(H,41,46)(H,42,47)/t33-,34-,36?/m0/s1. The highest BCUT2D eigenvalue weighted by Gasteiger charge is 2.37. The van der Waals surface area contributed by atoms with E-state index in [1.807, 2.05) is 24.3 Å². The van der Waals surface area contributed by atoms with E-state index >= 15 is 0 Å². The summed E-state index contributed by atoms with van der Waals surface area (Å²) >= 11 is 0. The number of hydrogen-bond donors (Lipinski definition) is 5. The van der Waals surface area contributed by atoms with Gasteiger partial charge in [0.15, 0.2) is 0 Å². The summed E-state index contributed by atoms with van der Waals surface area (Å²) in [7, 11) is 0. The number of unbranched alkanes of at least 4 members (excludes halogenated alkanes) is 3. The Hall–Kier alpha value is -4.45. The lowest BCUT2D eigenvalue weighted by atomic mass is 9.86. The Labute approximate surface area is 285 Å². The smallest absolute Gasteiger partial charge is 0.408 e. The predicted molar refractivity (Wildman–Crippen MR) is 185 cm³/mol. The van der Waals surface area contributed by atoms with E-state index in [2.05, 4.69) is 20.5 Å². The molecule has 3 atom stereocenters. The van der Waals surface area contributed by atoms with Crippen LogP contribution in [0, 0.1) is 11.7 Å². The third-order valence-corrected chi connectivity index (χ3v) is 9.61. The van der Waals surface area contributed by atoms with Gasteiger partial charge in [-0.05, 0) is 104 Å². The van der Waals surface area contributed by atoms with Crippen LogP contribution < -0.4 is 20.9 Å². The molecule has 0 spiro atoms. The molecular formula is C38H45FN4O6. The van der Waals surface area contributed by atoms with Crippen LogP contribution in [0.3, 0.4) is 0 Å². The van der Waals surface area contributed by atoms with Crippen LogP contribution in [-0.2, 0) is 4.74 Å². The highest BCUT2D eigenvalue weighted by molar-refractivity contribution is 5.87. The maximum Gasteiger partial charge on any atom is 0.408 e. The summed E-state index contributed by atoms with van der Waals surface area (Å²) in [4.78, 5) is 29.7. The zero-order valence-electron chi connectivity index (χ0n) is 27.6. The third kappa shape index (κ3) is 8.97. The van der Waals surface area contributed by atoms with Gasteiger partial charge in [0, 0.05) is 24.5 Å². The minimum absolute atomic E-state index is 0.0324. The van der Waals surface area contributed by atoms with Crippen LogP contribution in [0.1, 0.15) is 67.4 Å². The molecule has 10 nitrogen and oxygen atoms in total. The first kappa shape index (κ1) is 34.4. The Kier molecular flexibility index (Phi) is 11.4. The van der Waals surface area contributed by atoms with E-state index in [1.165, 1.54) is 24.3 Å². The quantitative estimate of drug-likeness (QED) is 0.104. The molecule has 4 aromatic rings. The van der Waals surface area contributed by atoms with Crippen molar-refractivity contribution in [2.24, 2.45) is 5.92 Å². The molecule has 3 aromatic carbocycles. The molecule has 260 valence electrons. The Balaban J connectivity index is 0.941. The molecule has 11 heteroatoms. The highest BCUT2D eigenvalue weighted by atomic mass is 19.1. The fourth-order valence-corrected chi connectivity index (χ4v) is 6.96. The number of nitrogens with one attached hydrogen (secondary N) is 3. The summed E-state index contributed by atoms with van der Waals surface area (Å²) in [5, 5.41) is 27.7. The molecule has 3 aliphatic heterocycles. The van der Waals surface area contributed by atoms with Gasteiger partial charge in [0.25, 0.3) is 0 Å². The van der Waals surface area contributed by atoms with Gasteiger partial charge >= 0.3 is 6.09 Å². The first-order chi connectivity index (χ1) is 23.8. The molecule has 3 fully saturated rings. The van der Waals surface area contributed by atoms with Crippen molar-refractivity contribution in [3.05, 3.63) is 106 Å². The third-order valence-electron chi connectivity index (χ3n) is 9.61. The van der Waals surface area contributed by atoms with Crippen molar-refractivity contribution in [2.75, 3.05) is 39.3 Å². The van der Waals surface area contributed by atoms with Gasteiger partial charge in [0.1, 0.15) is 23.4 Å². The molecule has 0 radical (unpaired) electrons. The first-order valence-corrected chi connectivity index (χ1v) is 17.3. The molecular weight excluding hydrogens is 627 g/mol. The number of hydrogen-bond acceptors (Lipinski definition) is 8. The van der Waals surface area contributed by atoms with Gasteiger partial charge in [-0.25, -0.2) is 9.18 Å². The molecule has 1 amide bonds. The Bertz CT molecular complexity index is 1770. The van der Waals surface area contributed by atoms with Gasteiger partial charge in [-0.2, -0.15) is 0 Å². The van der Waals surface area contributed by atoms with Crippen LogP contribution in [0.5, 0.6) is 11.5 Å². The number of amides is 1. The number of nitrogens with zero attached hydrogens (tertiary/aromatic N) is 1. The van der Waals surface area contributed by atoms with Crippen LogP contribution in [0.2, 0.25) is 0 Å². The monoisotopic (exact) mass is 672 g/mol. The number of benzene rings is 3. The molecule has 7 rings (SSSR count). The van der Waals surface area contributed by atoms with E-state index < -0.39 is 18.2 Å². The SMILES string of the molecule is O=C(NC(c1cccc(F)c1)c1cccc(OCCCCCCNC[C@H](O)c2ccc(O)c3[nH]c(=O)ccc23)c1)O[C@H]1CN2CCC1CC2. The fraction of sp³-hybridized carbons (Fsp3) is 0.421. The number of aromatic hydroxyl groups is 1. The second-order valence-corrected chi connectivity index (χ2v) is 13.1. The van der Waals surface area contributed by atoms with Gasteiger partial charge < -0.3 is 35.3 Å². The van der Waals surface area contributed by atoms with Gasteiger partial charge in [0.05, 0.1) is 24.3 Å². The number of rotatable bonds is 15. The number of phenols is 1. The largest absolute Gasteiger partial charge is 0.506 e. The Morgan fingerprint density at radius 2 is 1.76 bits per heavy atom. The number of carbonyl (C=O) groups is 1. The molecule has 0 aliphatic carbocycles. The van der Waals surface area contributed by atoms with Gasteiger partial charge in [0.2, 0.25) is 5.56 Å². The van der Waals surface area contributed by atoms with Crippen LogP contribution in [0.4, 0.5) is 9.18 Å². The lowest BCUT2D eigenvalue weighted by molar-refractivity contribution is -0.0336. The van der Waals surface area contributed by atoms with E-state index in [4.69, 9.17) is 9.47 Å². The number of aliphatic hydroxyl groups excluding tert-OH is 1. The van der Waals surface area contributed by atoms with E-state index in [0.29, 0.717) is 46.8 Å². The molecule has 1 aromatic heterocycles. The number of H-pyrrole nitrogens is 1.